The van der Waals surface area contributed by atoms with E-state index in [2.05, 4.69) is 19.8 Å². The summed E-state index contributed by atoms with van der Waals surface area (Å²) in [7, 11) is 0. The fourth-order valence-corrected chi connectivity index (χ4v) is 3.66. The Hall–Kier alpha value is -1.86. The molecule has 1 saturated heterocycles. The molecule has 128 valence electrons. The summed E-state index contributed by atoms with van der Waals surface area (Å²) in [6.07, 6.45) is 2.14. The molecule has 1 aliphatic rings. The van der Waals surface area contributed by atoms with Crippen molar-refractivity contribution in [3.8, 4) is 0 Å². The van der Waals surface area contributed by atoms with Crippen LogP contribution in [-0.2, 0) is 6.54 Å². The van der Waals surface area contributed by atoms with Crippen LogP contribution >= 0.6 is 11.5 Å². The van der Waals surface area contributed by atoms with E-state index in [9.17, 15) is 9.18 Å². The number of likely N-dealkylation sites (tertiary alicyclic amines) is 1. The normalized spacial score (nSPS) is 18.5. The number of benzene rings is 1. The SMILES string of the molecule is Cc1nnsc1C(=O)NC[C@H]1CCCN(Cc2ccccc2F)C1. The molecule has 1 amide bonds. The van der Waals surface area contributed by atoms with Crippen LogP contribution in [0.3, 0.4) is 0 Å². The molecule has 2 heterocycles. The van der Waals surface area contributed by atoms with E-state index in [0.29, 0.717) is 29.6 Å². The van der Waals surface area contributed by atoms with Gasteiger partial charge in [0.2, 0.25) is 0 Å². The summed E-state index contributed by atoms with van der Waals surface area (Å²) in [5.74, 6) is 0.130. The lowest BCUT2D eigenvalue weighted by atomic mass is 9.97. The molecule has 1 N–H and O–H groups in total. The van der Waals surface area contributed by atoms with E-state index in [1.54, 1.807) is 13.0 Å². The van der Waals surface area contributed by atoms with Gasteiger partial charge in [-0.3, -0.25) is 9.69 Å². The van der Waals surface area contributed by atoms with E-state index < -0.39 is 0 Å². The van der Waals surface area contributed by atoms with Gasteiger partial charge in [0.25, 0.3) is 5.91 Å². The molecule has 0 spiro atoms. The van der Waals surface area contributed by atoms with Gasteiger partial charge in [-0.1, -0.05) is 22.7 Å². The molecule has 1 aliphatic heterocycles. The zero-order valence-corrected chi connectivity index (χ0v) is 14.5. The summed E-state index contributed by atoms with van der Waals surface area (Å²) in [6, 6.07) is 6.91. The van der Waals surface area contributed by atoms with Crippen molar-refractivity contribution in [2.45, 2.75) is 26.3 Å². The molecule has 0 saturated carbocycles. The van der Waals surface area contributed by atoms with E-state index in [4.69, 9.17) is 0 Å². The molecule has 0 radical (unpaired) electrons. The number of nitrogens with one attached hydrogen (secondary N) is 1. The Labute approximate surface area is 145 Å². The predicted octanol–water partition coefficient (Wildman–Crippen LogP) is 2.63. The van der Waals surface area contributed by atoms with E-state index in [1.807, 2.05) is 12.1 Å². The molecule has 1 fully saturated rings. The summed E-state index contributed by atoms with van der Waals surface area (Å²) < 4.78 is 17.6. The molecule has 0 aliphatic carbocycles. The summed E-state index contributed by atoms with van der Waals surface area (Å²) in [5, 5.41) is 6.85. The van der Waals surface area contributed by atoms with Gasteiger partial charge in [-0.05, 0) is 49.8 Å². The fourth-order valence-electron chi connectivity index (χ4n) is 3.09. The largest absolute Gasteiger partial charge is 0.351 e. The van der Waals surface area contributed by atoms with Crippen LogP contribution in [0, 0.1) is 18.7 Å². The maximum Gasteiger partial charge on any atom is 0.264 e. The van der Waals surface area contributed by atoms with Crippen molar-refractivity contribution in [3.05, 3.63) is 46.2 Å². The minimum absolute atomic E-state index is 0.103. The number of hydrogen-bond donors (Lipinski definition) is 1. The number of rotatable bonds is 5. The molecule has 5 nitrogen and oxygen atoms in total. The molecular weight excluding hydrogens is 327 g/mol. The number of halogens is 1. The lowest BCUT2D eigenvalue weighted by Crippen LogP contribution is -2.40. The zero-order chi connectivity index (χ0) is 16.9. The van der Waals surface area contributed by atoms with E-state index in [1.165, 1.54) is 6.07 Å². The second-order valence-electron chi connectivity index (χ2n) is 6.23. The van der Waals surface area contributed by atoms with Crippen LogP contribution in [0.1, 0.15) is 33.8 Å². The van der Waals surface area contributed by atoms with Crippen molar-refractivity contribution in [3.63, 3.8) is 0 Å². The van der Waals surface area contributed by atoms with Gasteiger partial charge in [-0.2, -0.15) is 0 Å². The first-order valence-corrected chi connectivity index (χ1v) is 8.93. The Morgan fingerprint density at radius 1 is 1.46 bits per heavy atom. The van der Waals surface area contributed by atoms with Crippen LogP contribution in [0.4, 0.5) is 4.39 Å². The fraction of sp³-hybridized carbons (Fsp3) is 0.471. The molecule has 1 atom stereocenters. The molecule has 1 aromatic carbocycles. The third-order valence-electron chi connectivity index (χ3n) is 4.36. The average Bonchev–Trinajstić information content (AvgIpc) is 3.01. The van der Waals surface area contributed by atoms with Crippen molar-refractivity contribution in [1.82, 2.24) is 19.8 Å². The third-order valence-corrected chi connectivity index (χ3v) is 5.19. The highest BCUT2D eigenvalue weighted by Crippen LogP contribution is 2.19. The first kappa shape index (κ1) is 17.0. The number of carbonyl (C=O) groups excluding carboxylic acids is 1. The molecule has 0 unspecified atom stereocenters. The molecular formula is C17H21FN4OS. The average molecular weight is 348 g/mol. The van der Waals surface area contributed by atoms with E-state index >= 15 is 0 Å². The first-order valence-electron chi connectivity index (χ1n) is 8.16. The lowest BCUT2D eigenvalue weighted by molar-refractivity contribution is 0.0933. The van der Waals surface area contributed by atoms with Crippen molar-refractivity contribution in [2.75, 3.05) is 19.6 Å². The minimum atomic E-state index is -0.152. The standard InChI is InChI=1S/C17H21FN4OS/c1-12-16(24-21-20-12)17(23)19-9-13-5-4-8-22(10-13)11-14-6-2-3-7-15(14)18/h2-3,6-7,13H,4-5,8-11H2,1H3,(H,19,23)/t13-/m1/s1. The van der Waals surface area contributed by atoms with Gasteiger partial charge in [-0.15, -0.1) is 5.10 Å². The van der Waals surface area contributed by atoms with Crippen LogP contribution in [0.2, 0.25) is 0 Å². The van der Waals surface area contributed by atoms with E-state index in [0.717, 1.165) is 43.0 Å². The molecule has 7 heteroatoms. The van der Waals surface area contributed by atoms with Gasteiger partial charge in [0.15, 0.2) is 0 Å². The number of nitrogens with zero attached hydrogens (tertiary/aromatic N) is 3. The highest BCUT2D eigenvalue weighted by Gasteiger charge is 2.22. The van der Waals surface area contributed by atoms with Crippen molar-refractivity contribution in [1.29, 1.82) is 0 Å². The lowest BCUT2D eigenvalue weighted by Gasteiger charge is -2.32. The number of aryl methyl sites for hydroxylation is 1. The quantitative estimate of drug-likeness (QED) is 0.902. The predicted molar refractivity (Wildman–Crippen MR) is 91.4 cm³/mol. The Morgan fingerprint density at radius 2 is 2.29 bits per heavy atom. The highest BCUT2D eigenvalue weighted by atomic mass is 32.1. The van der Waals surface area contributed by atoms with Crippen LogP contribution < -0.4 is 5.32 Å². The molecule has 1 aromatic heterocycles. The maximum atomic E-state index is 13.8. The van der Waals surface area contributed by atoms with Crippen LogP contribution in [0.25, 0.3) is 0 Å². The van der Waals surface area contributed by atoms with Gasteiger partial charge in [0.1, 0.15) is 10.7 Å². The van der Waals surface area contributed by atoms with Crippen molar-refractivity contribution >= 4 is 17.4 Å². The summed E-state index contributed by atoms with van der Waals surface area (Å²) >= 11 is 1.12. The van der Waals surface area contributed by atoms with Gasteiger partial charge in [0.05, 0.1) is 5.69 Å². The van der Waals surface area contributed by atoms with Gasteiger partial charge >= 0.3 is 0 Å². The number of hydrogen-bond acceptors (Lipinski definition) is 5. The van der Waals surface area contributed by atoms with E-state index in [-0.39, 0.29) is 11.7 Å². The molecule has 2 aromatic rings. The first-order chi connectivity index (χ1) is 11.6. The van der Waals surface area contributed by atoms with Crippen LogP contribution in [0.5, 0.6) is 0 Å². The summed E-state index contributed by atoms with van der Waals surface area (Å²) in [6.45, 7) is 4.87. The minimum Gasteiger partial charge on any atom is -0.351 e. The second-order valence-corrected chi connectivity index (χ2v) is 6.99. The topological polar surface area (TPSA) is 58.1 Å². The number of piperidine rings is 1. The Morgan fingerprint density at radius 3 is 3.04 bits per heavy atom. The summed E-state index contributed by atoms with van der Waals surface area (Å²) in [5.41, 5.74) is 1.40. The van der Waals surface area contributed by atoms with Crippen molar-refractivity contribution < 1.29 is 9.18 Å². The van der Waals surface area contributed by atoms with Crippen molar-refractivity contribution in [2.24, 2.45) is 5.92 Å². The maximum absolute atomic E-state index is 13.8. The Kier molecular flexibility index (Phi) is 5.52. The van der Waals surface area contributed by atoms with Gasteiger partial charge in [-0.25, -0.2) is 4.39 Å². The molecule has 24 heavy (non-hydrogen) atoms. The summed E-state index contributed by atoms with van der Waals surface area (Å²) in [4.78, 5) is 15.0. The van der Waals surface area contributed by atoms with Crippen LogP contribution in [-0.4, -0.2) is 40.0 Å². The smallest absolute Gasteiger partial charge is 0.264 e. The highest BCUT2D eigenvalue weighted by molar-refractivity contribution is 7.07. The molecule has 0 bridgehead atoms. The number of amides is 1. The number of aromatic nitrogens is 2. The number of carbonyl (C=O) groups is 1. The Balaban J connectivity index is 1.51. The third kappa shape index (κ3) is 4.15. The van der Waals surface area contributed by atoms with Gasteiger partial charge < -0.3 is 5.32 Å². The zero-order valence-electron chi connectivity index (χ0n) is 13.7. The molecule has 3 rings (SSSR count). The van der Waals surface area contributed by atoms with Crippen LogP contribution in [0.15, 0.2) is 24.3 Å². The van der Waals surface area contributed by atoms with Gasteiger partial charge in [0, 0.05) is 25.2 Å². The second kappa shape index (κ2) is 7.81. The Bertz CT molecular complexity index is 705. The monoisotopic (exact) mass is 348 g/mol.